The molecule has 2 aromatic carbocycles. The number of thiocarbonyl (C=S) groups is 1. The molecule has 3 rings (SSSR count). The Morgan fingerprint density at radius 2 is 1.81 bits per heavy atom. The van der Waals surface area contributed by atoms with Crippen LogP contribution in [-0.2, 0) is 0 Å². The Labute approximate surface area is 169 Å². The number of nitrogens with one attached hydrogen (secondary N) is 1. The Hall–Kier alpha value is -2.69. The first kappa shape index (κ1) is 19.1. The van der Waals surface area contributed by atoms with Crippen molar-refractivity contribution in [2.24, 2.45) is 0 Å². The van der Waals surface area contributed by atoms with E-state index in [4.69, 9.17) is 23.8 Å². The third-order valence-electron chi connectivity index (χ3n) is 4.12. The number of halogens is 1. The second-order valence-corrected chi connectivity index (χ2v) is 7.09. The van der Waals surface area contributed by atoms with Crippen LogP contribution < -0.4 is 15.0 Å². The zero-order chi connectivity index (χ0) is 19.4. The van der Waals surface area contributed by atoms with E-state index in [-0.39, 0.29) is 5.76 Å². The molecule has 0 saturated carbocycles. The van der Waals surface area contributed by atoms with Crippen molar-refractivity contribution in [3.05, 3.63) is 94.8 Å². The topological polar surface area (TPSA) is 39.0 Å². The van der Waals surface area contributed by atoms with Crippen LogP contribution >= 0.6 is 23.8 Å². The predicted octanol–water partition coefficient (Wildman–Crippen LogP) is 4.37. The van der Waals surface area contributed by atoms with Crippen LogP contribution in [0.1, 0.15) is 16.7 Å². The van der Waals surface area contributed by atoms with Gasteiger partial charge in [-0.1, -0.05) is 54.2 Å². The number of nitrogens with zero attached hydrogens (tertiary/aromatic N) is 1. The van der Waals surface area contributed by atoms with E-state index in [9.17, 15) is 5.11 Å². The Bertz CT molecular complexity index is 1030. The van der Waals surface area contributed by atoms with Gasteiger partial charge in [0, 0.05) is 22.3 Å². The summed E-state index contributed by atoms with van der Waals surface area (Å²) in [5, 5.41) is 17.0. The van der Waals surface area contributed by atoms with Gasteiger partial charge in [-0.3, -0.25) is 0 Å². The van der Waals surface area contributed by atoms with Gasteiger partial charge in [-0.25, -0.2) is 0 Å². The van der Waals surface area contributed by atoms with Gasteiger partial charge in [0.05, 0.1) is 0 Å². The number of benzene rings is 2. The Morgan fingerprint density at radius 3 is 2.52 bits per heavy atom. The molecule has 0 aliphatic heterocycles. The second kappa shape index (κ2) is 8.33. The monoisotopic (exact) mass is 394 g/mol. The van der Waals surface area contributed by atoms with Gasteiger partial charge in [0.2, 0.25) is 5.70 Å². The summed E-state index contributed by atoms with van der Waals surface area (Å²) in [5.74, 6) is -0.195. The molecule has 3 nitrogen and oxygen atoms in total. The van der Waals surface area contributed by atoms with Crippen molar-refractivity contribution >= 4 is 46.0 Å². The lowest BCUT2D eigenvalue weighted by molar-refractivity contribution is -0.578. The number of hydrogen-bond acceptors (Lipinski definition) is 2. The minimum atomic E-state index is -0.195. The van der Waals surface area contributed by atoms with Crippen molar-refractivity contribution in [2.45, 2.75) is 13.8 Å². The molecule has 0 saturated heterocycles. The van der Waals surface area contributed by atoms with Crippen LogP contribution in [0, 0.1) is 13.8 Å². The molecule has 3 aromatic rings. The second-order valence-electron chi connectivity index (χ2n) is 6.25. The molecule has 136 valence electrons. The molecule has 0 spiro atoms. The quantitative estimate of drug-likeness (QED) is 0.309. The third kappa shape index (κ3) is 4.54. The summed E-state index contributed by atoms with van der Waals surface area (Å²) in [7, 11) is 0. The van der Waals surface area contributed by atoms with Crippen LogP contribution in [0.25, 0.3) is 11.5 Å². The molecular weight excluding hydrogens is 376 g/mol. The number of hydrogen-bond donors (Lipinski definition) is 1. The summed E-state index contributed by atoms with van der Waals surface area (Å²) in [5.41, 5.74) is 3.79. The fraction of sp³-hybridized carbons (Fsp3) is 0.0909. The van der Waals surface area contributed by atoms with E-state index >= 15 is 0 Å². The first-order chi connectivity index (χ1) is 13.0. The number of para-hydroxylation sites is 1. The smallest absolute Gasteiger partial charge is 0.238 e. The predicted molar refractivity (Wildman–Crippen MR) is 113 cm³/mol. The lowest BCUT2D eigenvalue weighted by atomic mass is 10.1. The highest BCUT2D eigenvalue weighted by Gasteiger charge is 2.19. The van der Waals surface area contributed by atoms with E-state index in [0.717, 1.165) is 16.8 Å². The summed E-state index contributed by atoms with van der Waals surface area (Å²) in [4.78, 5) is 0.352. The highest BCUT2D eigenvalue weighted by molar-refractivity contribution is 7.81. The molecule has 5 heteroatoms. The maximum atomic E-state index is 13.3. The van der Waals surface area contributed by atoms with Crippen molar-refractivity contribution in [3.8, 4) is 0 Å². The lowest BCUT2D eigenvalue weighted by Crippen LogP contribution is -2.40. The molecule has 0 bridgehead atoms. The minimum absolute atomic E-state index is 0.195. The van der Waals surface area contributed by atoms with Crippen molar-refractivity contribution in [3.63, 3.8) is 0 Å². The number of aryl methyl sites for hydroxylation is 2. The zero-order valence-electron chi connectivity index (χ0n) is 15.1. The Kier molecular flexibility index (Phi) is 5.89. The van der Waals surface area contributed by atoms with E-state index < -0.39 is 0 Å². The maximum Gasteiger partial charge on any atom is 0.238 e. The first-order valence-corrected chi connectivity index (χ1v) is 9.27. The molecule has 0 amide bonds. The average molecular weight is 395 g/mol. The molecule has 0 aliphatic rings. The number of pyridine rings is 1. The van der Waals surface area contributed by atoms with Crippen LogP contribution in [0.3, 0.4) is 0 Å². The summed E-state index contributed by atoms with van der Waals surface area (Å²) < 4.78 is 1.76. The fourth-order valence-corrected chi connectivity index (χ4v) is 3.23. The maximum absolute atomic E-state index is 13.3. The van der Waals surface area contributed by atoms with Gasteiger partial charge in [0.1, 0.15) is 0 Å². The lowest BCUT2D eigenvalue weighted by Gasteiger charge is -2.18. The normalized spacial score (nSPS) is 11.7. The van der Waals surface area contributed by atoms with Crippen LogP contribution in [-0.4, -0.2) is 4.99 Å². The van der Waals surface area contributed by atoms with E-state index in [1.165, 1.54) is 0 Å². The van der Waals surface area contributed by atoms with Crippen molar-refractivity contribution in [2.75, 3.05) is 5.32 Å². The van der Waals surface area contributed by atoms with Crippen molar-refractivity contribution in [1.29, 1.82) is 0 Å². The molecule has 0 atom stereocenters. The zero-order valence-corrected chi connectivity index (χ0v) is 16.6. The molecule has 0 aliphatic carbocycles. The molecule has 0 radical (unpaired) electrons. The molecular formula is C22H19ClN2OS. The molecule has 1 aromatic heterocycles. The van der Waals surface area contributed by atoms with Crippen LogP contribution in [0.4, 0.5) is 5.69 Å². The average Bonchev–Trinajstić information content (AvgIpc) is 2.64. The number of anilines is 1. The fourth-order valence-electron chi connectivity index (χ4n) is 2.73. The third-order valence-corrected chi connectivity index (χ3v) is 4.65. The first-order valence-electron chi connectivity index (χ1n) is 8.48. The molecule has 1 heterocycles. The van der Waals surface area contributed by atoms with E-state index in [2.05, 4.69) is 5.32 Å². The van der Waals surface area contributed by atoms with Gasteiger partial charge in [-0.15, -0.1) is 0 Å². The van der Waals surface area contributed by atoms with Crippen molar-refractivity contribution < 1.29 is 9.67 Å². The molecule has 1 N–H and O–H groups in total. The molecule has 27 heavy (non-hydrogen) atoms. The standard InChI is InChI=1S/C22H19ClN2OS/c1-15-7-6-12-25(14-15)20(21(26)17-9-5-10-18(23)13-17)22(27)24-19-11-4-3-8-16(19)2/h3-14H,1-2H3,(H-,24,26,27). The van der Waals surface area contributed by atoms with E-state index in [1.807, 2.05) is 62.6 Å². The van der Waals surface area contributed by atoms with Crippen LogP contribution in [0.15, 0.2) is 73.1 Å². The van der Waals surface area contributed by atoms with Crippen LogP contribution in [0.2, 0.25) is 5.02 Å². The summed E-state index contributed by atoms with van der Waals surface area (Å²) in [6.07, 6.45) is 3.69. The van der Waals surface area contributed by atoms with Gasteiger partial charge in [0.25, 0.3) is 0 Å². The largest absolute Gasteiger partial charge is 0.867 e. The van der Waals surface area contributed by atoms with Crippen LogP contribution in [0.5, 0.6) is 0 Å². The highest BCUT2D eigenvalue weighted by atomic mass is 35.5. The summed E-state index contributed by atoms with van der Waals surface area (Å²) in [6.45, 7) is 3.96. The van der Waals surface area contributed by atoms with Gasteiger partial charge in [-0.05, 0) is 55.0 Å². The molecule has 0 unspecified atom stereocenters. The van der Waals surface area contributed by atoms with E-state index in [1.54, 1.807) is 28.8 Å². The van der Waals surface area contributed by atoms with Gasteiger partial charge in [-0.2, -0.15) is 4.57 Å². The Balaban J connectivity index is 2.11. The SMILES string of the molecule is Cc1ccc[n+](/C(C(=S)Nc2ccccc2C)=C(/[O-])c2cccc(Cl)c2)c1. The summed E-state index contributed by atoms with van der Waals surface area (Å²) >= 11 is 11.7. The minimum Gasteiger partial charge on any atom is -0.867 e. The Morgan fingerprint density at radius 1 is 1.04 bits per heavy atom. The summed E-state index contributed by atoms with van der Waals surface area (Å²) in [6, 6.07) is 18.5. The van der Waals surface area contributed by atoms with Crippen molar-refractivity contribution in [1.82, 2.24) is 0 Å². The van der Waals surface area contributed by atoms with E-state index in [0.29, 0.717) is 21.3 Å². The van der Waals surface area contributed by atoms with Gasteiger partial charge < -0.3 is 10.4 Å². The number of rotatable bonds is 4. The highest BCUT2D eigenvalue weighted by Crippen LogP contribution is 2.21. The van der Waals surface area contributed by atoms with Gasteiger partial charge in [0.15, 0.2) is 17.4 Å². The molecule has 0 fully saturated rings. The number of aromatic nitrogens is 1. The van der Waals surface area contributed by atoms with Gasteiger partial charge >= 0.3 is 0 Å².